The van der Waals surface area contributed by atoms with Crippen LogP contribution in [0.25, 0.3) is 10.8 Å². The van der Waals surface area contributed by atoms with Crippen LogP contribution in [-0.4, -0.2) is 35.1 Å². The third kappa shape index (κ3) is 3.68. The van der Waals surface area contributed by atoms with E-state index in [1.54, 1.807) is 48.5 Å². The van der Waals surface area contributed by atoms with E-state index in [1.807, 2.05) is 0 Å². The Balaban J connectivity index is 1.50. The van der Waals surface area contributed by atoms with E-state index in [4.69, 9.17) is 6.42 Å². The molecule has 0 atom stereocenters. The normalized spacial score (nSPS) is 14.6. The predicted molar refractivity (Wildman–Crippen MR) is 138 cm³/mol. The number of imide groups is 2. The van der Waals surface area contributed by atoms with Gasteiger partial charge in [-0.1, -0.05) is 44.9 Å². The number of rotatable bonds is 8. The molecule has 0 aromatic heterocycles. The summed E-state index contributed by atoms with van der Waals surface area (Å²) in [5.41, 5.74) is 2.32. The van der Waals surface area contributed by atoms with E-state index in [1.165, 1.54) is 11.3 Å². The van der Waals surface area contributed by atoms with Crippen LogP contribution in [0.1, 0.15) is 92.4 Å². The maximum atomic E-state index is 13.5. The van der Waals surface area contributed by atoms with Gasteiger partial charge in [0.1, 0.15) is 0 Å². The van der Waals surface area contributed by atoms with Crippen molar-refractivity contribution < 1.29 is 19.2 Å². The van der Waals surface area contributed by atoms with Crippen LogP contribution in [0, 0.1) is 12.3 Å². The first-order chi connectivity index (χ1) is 17.5. The molecule has 2 aliphatic rings. The molecule has 0 unspecified atom stereocenters. The smallest absolute Gasteiger partial charge is 0.265 e. The number of hydrogen-bond acceptors (Lipinski definition) is 4. The number of anilines is 1. The molecule has 0 fully saturated rings. The molecule has 3 aromatic carbocycles. The minimum absolute atomic E-state index is 0.288. The molecule has 0 spiro atoms. The fourth-order valence-electron chi connectivity index (χ4n) is 5.12. The van der Waals surface area contributed by atoms with Crippen molar-refractivity contribution in [2.24, 2.45) is 0 Å². The zero-order chi connectivity index (χ0) is 25.4. The average Bonchev–Trinajstić information content (AvgIpc) is 2.90. The van der Waals surface area contributed by atoms with E-state index in [2.05, 4.69) is 12.8 Å². The predicted octanol–water partition coefficient (Wildman–Crippen LogP) is 5.58. The van der Waals surface area contributed by atoms with Crippen LogP contribution in [0.3, 0.4) is 0 Å². The third-order valence-electron chi connectivity index (χ3n) is 7.01. The fraction of sp³-hybridized carbons (Fsp3) is 0.267. The minimum Gasteiger partial charge on any atom is -0.274 e. The van der Waals surface area contributed by atoms with Gasteiger partial charge in [0.2, 0.25) is 0 Å². The van der Waals surface area contributed by atoms with Crippen molar-refractivity contribution in [3.05, 3.63) is 76.3 Å². The lowest BCUT2D eigenvalue weighted by Gasteiger charge is -2.32. The first-order valence-electron chi connectivity index (χ1n) is 12.4. The zero-order valence-corrected chi connectivity index (χ0v) is 20.2. The van der Waals surface area contributed by atoms with Crippen LogP contribution in [-0.2, 0) is 0 Å². The quantitative estimate of drug-likeness (QED) is 0.241. The monoisotopic (exact) mass is 478 g/mol. The molecule has 36 heavy (non-hydrogen) atoms. The standard InChI is InChI=1S/C30H26N2O4/c1-3-5-6-7-8-9-18-31-27(33)21-14-16-23-26-24(17-15-22(25(21)26)28(31)34)30(36)32(29(23)35)20-12-10-19(4-2)11-13-20/h2,10-17H,3,5-9,18H2,1H3. The molecular weight excluding hydrogens is 452 g/mol. The summed E-state index contributed by atoms with van der Waals surface area (Å²) in [7, 11) is 0. The molecule has 0 saturated carbocycles. The molecule has 0 aliphatic carbocycles. The van der Waals surface area contributed by atoms with Crippen molar-refractivity contribution in [3.8, 4) is 12.3 Å². The maximum Gasteiger partial charge on any atom is 0.265 e. The van der Waals surface area contributed by atoms with Crippen LogP contribution < -0.4 is 4.90 Å². The molecule has 5 rings (SSSR count). The molecule has 0 N–H and O–H groups in total. The van der Waals surface area contributed by atoms with E-state index < -0.39 is 11.8 Å². The van der Waals surface area contributed by atoms with Gasteiger partial charge in [-0.05, 0) is 55.0 Å². The second-order valence-electron chi connectivity index (χ2n) is 9.24. The SMILES string of the molecule is C#Cc1ccc(N2C(=O)c3ccc4c5c(ccc(c35)C2=O)C(=O)N(CCCCCCCC)C4=O)cc1. The van der Waals surface area contributed by atoms with E-state index >= 15 is 0 Å². The van der Waals surface area contributed by atoms with Crippen LogP contribution in [0.2, 0.25) is 0 Å². The van der Waals surface area contributed by atoms with Crippen molar-refractivity contribution in [2.75, 3.05) is 11.4 Å². The third-order valence-corrected chi connectivity index (χ3v) is 7.01. The molecule has 6 nitrogen and oxygen atoms in total. The van der Waals surface area contributed by atoms with Gasteiger partial charge in [-0.25, -0.2) is 4.90 Å². The van der Waals surface area contributed by atoms with Crippen molar-refractivity contribution >= 4 is 40.1 Å². The second-order valence-corrected chi connectivity index (χ2v) is 9.24. The fourth-order valence-corrected chi connectivity index (χ4v) is 5.12. The summed E-state index contributed by atoms with van der Waals surface area (Å²) in [5, 5.41) is 0.764. The van der Waals surface area contributed by atoms with Gasteiger partial charge in [0.15, 0.2) is 0 Å². The Morgan fingerprint density at radius 3 is 1.61 bits per heavy atom. The molecule has 0 radical (unpaired) electrons. The van der Waals surface area contributed by atoms with E-state index in [0.29, 0.717) is 39.7 Å². The highest BCUT2D eigenvalue weighted by atomic mass is 16.2. The summed E-state index contributed by atoms with van der Waals surface area (Å²) in [4.78, 5) is 56.0. The Bertz CT molecular complexity index is 1390. The van der Waals surface area contributed by atoms with Gasteiger partial charge in [-0.2, -0.15) is 0 Å². The Morgan fingerprint density at radius 1 is 0.639 bits per heavy atom. The van der Waals surface area contributed by atoms with Gasteiger partial charge >= 0.3 is 0 Å². The van der Waals surface area contributed by atoms with Crippen LogP contribution in [0.15, 0.2) is 48.5 Å². The Kier molecular flexibility index (Phi) is 6.15. The number of hydrogen-bond donors (Lipinski definition) is 0. The molecule has 2 aliphatic heterocycles. The summed E-state index contributed by atoms with van der Waals surface area (Å²) in [6, 6.07) is 13.0. The second kappa shape index (κ2) is 9.43. The van der Waals surface area contributed by atoms with Crippen LogP contribution in [0.5, 0.6) is 0 Å². The number of unbranched alkanes of at least 4 members (excludes halogenated alkanes) is 5. The first kappa shape index (κ1) is 23.5. The summed E-state index contributed by atoms with van der Waals surface area (Å²) in [6.45, 7) is 2.52. The molecule has 6 heteroatoms. The van der Waals surface area contributed by atoms with Gasteiger partial charge in [-0.3, -0.25) is 24.1 Å². The number of terminal acetylenes is 1. The van der Waals surface area contributed by atoms with Gasteiger partial charge in [0.05, 0.1) is 5.69 Å². The molecule has 2 heterocycles. The lowest BCUT2D eigenvalue weighted by Crippen LogP contribution is -2.43. The zero-order valence-electron chi connectivity index (χ0n) is 20.2. The Labute approximate surface area is 209 Å². The van der Waals surface area contributed by atoms with E-state index in [9.17, 15) is 19.2 Å². The molecule has 3 aromatic rings. The lowest BCUT2D eigenvalue weighted by atomic mass is 9.85. The number of nitrogens with zero attached hydrogens (tertiary/aromatic N) is 2. The lowest BCUT2D eigenvalue weighted by molar-refractivity contribution is 0.0606. The van der Waals surface area contributed by atoms with Crippen LogP contribution in [0.4, 0.5) is 5.69 Å². The number of carbonyl (C=O) groups is 4. The highest BCUT2D eigenvalue weighted by Crippen LogP contribution is 2.39. The first-order valence-corrected chi connectivity index (χ1v) is 12.4. The van der Waals surface area contributed by atoms with Crippen molar-refractivity contribution in [1.29, 1.82) is 0 Å². The molecule has 180 valence electrons. The van der Waals surface area contributed by atoms with Crippen molar-refractivity contribution in [1.82, 2.24) is 4.90 Å². The van der Waals surface area contributed by atoms with E-state index in [-0.39, 0.29) is 22.9 Å². The number of amides is 4. The molecule has 0 bridgehead atoms. The topological polar surface area (TPSA) is 74.8 Å². The average molecular weight is 479 g/mol. The summed E-state index contributed by atoms with van der Waals surface area (Å²) < 4.78 is 0. The van der Waals surface area contributed by atoms with Gasteiger partial charge in [0.25, 0.3) is 23.6 Å². The van der Waals surface area contributed by atoms with E-state index in [0.717, 1.165) is 37.0 Å². The minimum atomic E-state index is -0.501. The molecule has 0 saturated heterocycles. The molecule has 4 amide bonds. The highest BCUT2D eigenvalue weighted by Gasteiger charge is 2.39. The number of benzene rings is 3. The Morgan fingerprint density at radius 2 is 1.11 bits per heavy atom. The van der Waals surface area contributed by atoms with Gasteiger partial charge in [-0.15, -0.1) is 6.42 Å². The largest absolute Gasteiger partial charge is 0.274 e. The summed E-state index contributed by atoms with van der Waals surface area (Å²) >= 11 is 0. The highest BCUT2D eigenvalue weighted by molar-refractivity contribution is 6.39. The van der Waals surface area contributed by atoms with Crippen LogP contribution >= 0.6 is 0 Å². The summed E-state index contributed by atoms with van der Waals surface area (Å²) in [6.07, 6.45) is 11.7. The van der Waals surface area contributed by atoms with Crippen molar-refractivity contribution in [3.63, 3.8) is 0 Å². The Hall–Kier alpha value is -4.24. The van der Waals surface area contributed by atoms with Gasteiger partial charge in [0, 0.05) is 45.1 Å². The summed E-state index contributed by atoms with van der Waals surface area (Å²) in [5.74, 6) is 0.759. The van der Waals surface area contributed by atoms with Gasteiger partial charge < -0.3 is 0 Å². The van der Waals surface area contributed by atoms with Crippen molar-refractivity contribution in [2.45, 2.75) is 45.4 Å². The maximum absolute atomic E-state index is 13.5. The number of carbonyl (C=O) groups excluding carboxylic acids is 4. The molecular formula is C30H26N2O4.